The van der Waals surface area contributed by atoms with Crippen LogP contribution in [0.25, 0.3) is 0 Å². The lowest BCUT2D eigenvalue weighted by atomic mass is 10.2. The van der Waals surface area contributed by atoms with Gasteiger partial charge in [-0.25, -0.2) is 0 Å². The molecule has 0 aromatic heterocycles. The number of nitrogens with zero attached hydrogens (tertiary/aromatic N) is 1. The minimum atomic E-state index is 0.880. The van der Waals surface area contributed by atoms with Crippen molar-refractivity contribution in [1.82, 2.24) is 5.32 Å². The molecule has 1 aromatic carbocycles. The Labute approximate surface area is 99.0 Å². The highest BCUT2D eigenvalue weighted by molar-refractivity contribution is 5.48. The first kappa shape index (κ1) is 12.8. The Bertz CT molecular complexity index is 320. The first-order valence-electron chi connectivity index (χ1n) is 5.91. The molecule has 2 heteroatoms. The zero-order valence-electron chi connectivity index (χ0n) is 10.4. The Morgan fingerprint density at radius 1 is 1.44 bits per heavy atom. The average molecular weight is 218 g/mol. The quantitative estimate of drug-likeness (QED) is 0.559. The molecule has 0 atom stereocenters. The van der Waals surface area contributed by atoms with Gasteiger partial charge in [-0.2, -0.15) is 0 Å². The molecular formula is C14H22N2. The number of hydrogen-bond donors (Lipinski definition) is 1. The lowest BCUT2D eigenvalue weighted by molar-refractivity contribution is 0.708. The summed E-state index contributed by atoms with van der Waals surface area (Å²) in [6.45, 7) is 12.0. The molecule has 0 saturated heterocycles. The smallest absolute Gasteiger partial charge is 0.0369 e. The van der Waals surface area contributed by atoms with E-state index in [1.54, 1.807) is 0 Å². The van der Waals surface area contributed by atoms with E-state index in [0.29, 0.717) is 0 Å². The summed E-state index contributed by atoms with van der Waals surface area (Å²) in [7, 11) is 0. The summed E-state index contributed by atoms with van der Waals surface area (Å²) in [5.74, 6) is 0. The van der Waals surface area contributed by atoms with E-state index in [9.17, 15) is 0 Å². The number of nitrogens with one attached hydrogen (secondary N) is 1. The van der Waals surface area contributed by atoms with E-state index in [-0.39, 0.29) is 0 Å². The van der Waals surface area contributed by atoms with Crippen LogP contribution in [0.4, 0.5) is 5.69 Å². The monoisotopic (exact) mass is 218 g/mol. The maximum absolute atomic E-state index is 3.69. The van der Waals surface area contributed by atoms with Gasteiger partial charge >= 0.3 is 0 Å². The van der Waals surface area contributed by atoms with Crippen molar-refractivity contribution in [2.75, 3.05) is 31.1 Å². The molecule has 0 heterocycles. The molecule has 1 N–H and O–H groups in total. The second kappa shape index (κ2) is 7.07. The summed E-state index contributed by atoms with van der Waals surface area (Å²) < 4.78 is 0. The Balaban J connectivity index is 2.50. The highest BCUT2D eigenvalue weighted by Crippen LogP contribution is 2.14. The third kappa shape index (κ3) is 4.07. The van der Waals surface area contributed by atoms with Crippen LogP contribution in [-0.2, 0) is 0 Å². The lowest BCUT2D eigenvalue weighted by Gasteiger charge is -2.23. The normalized spacial score (nSPS) is 10.1. The van der Waals surface area contributed by atoms with Crippen LogP contribution in [-0.4, -0.2) is 26.2 Å². The van der Waals surface area contributed by atoms with Crippen molar-refractivity contribution >= 4 is 5.69 Å². The molecule has 1 rings (SSSR count). The molecule has 0 saturated carbocycles. The van der Waals surface area contributed by atoms with Gasteiger partial charge in [0.1, 0.15) is 0 Å². The zero-order chi connectivity index (χ0) is 11.8. The lowest BCUT2D eigenvalue weighted by Crippen LogP contribution is -2.32. The Morgan fingerprint density at radius 2 is 2.25 bits per heavy atom. The number of hydrogen-bond acceptors (Lipinski definition) is 2. The number of anilines is 1. The topological polar surface area (TPSA) is 15.3 Å². The fourth-order valence-corrected chi connectivity index (χ4v) is 1.71. The van der Waals surface area contributed by atoms with Crippen LogP contribution in [0.3, 0.4) is 0 Å². The maximum atomic E-state index is 3.69. The highest BCUT2D eigenvalue weighted by Gasteiger charge is 2.02. The molecule has 0 aliphatic heterocycles. The first-order valence-corrected chi connectivity index (χ1v) is 5.91. The molecule has 0 aliphatic rings. The number of aryl methyl sites for hydroxylation is 1. The molecule has 0 aliphatic carbocycles. The fourth-order valence-electron chi connectivity index (χ4n) is 1.71. The summed E-state index contributed by atoms with van der Waals surface area (Å²) in [5, 5.41) is 3.32. The molecular weight excluding hydrogens is 196 g/mol. The molecule has 88 valence electrons. The van der Waals surface area contributed by atoms with Crippen molar-refractivity contribution in [3.8, 4) is 0 Å². The molecule has 0 fully saturated rings. The minimum absolute atomic E-state index is 0.880. The van der Waals surface area contributed by atoms with Crippen molar-refractivity contribution in [1.29, 1.82) is 0 Å². The first-order chi connectivity index (χ1) is 7.77. The van der Waals surface area contributed by atoms with Crippen molar-refractivity contribution in [3.05, 3.63) is 42.5 Å². The van der Waals surface area contributed by atoms with E-state index in [0.717, 1.165) is 26.2 Å². The number of likely N-dealkylation sites (N-methyl/N-ethyl adjacent to an activating group) is 1. The molecule has 0 amide bonds. The molecule has 0 unspecified atom stereocenters. The van der Waals surface area contributed by atoms with Gasteiger partial charge in [-0.15, -0.1) is 6.58 Å². The summed E-state index contributed by atoms with van der Waals surface area (Å²) >= 11 is 0. The van der Waals surface area contributed by atoms with Gasteiger partial charge in [0.05, 0.1) is 0 Å². The van der Waals surface area contributed by atoms with Gasteiger partial charge in [0.15, 0.2) is 0 Å². The fraction of sp³-hybridized carbons (Fsp3) is 0.429. The predicted molar refractivity (Wildman–Crippen MR) is 72.1 cm³/mol. The third-order valence-corrected chi connectivity index (χ3v) is 2.60. The minimum Gasteiger partial charge on any atom is -0.371 e. The largest absolute Gasteiger partial charge is 0.371 e. The number of benzene rings is 1. The second-order valence-corrected chi connectivity index (χ2v) is 3.91. The van der Waals surface area contributed by atoms with Gasteiger partial charge in [0.25, 0.3) is 0 Å². The molecule has 0 bridgehead atoms. The van der Waals surface area contributed by atoms with Crippen LogP contribution in [0, 0.1) is 6.92 Å². The van der Waals surface area contributed by atoms with Crippen LogP contribution in [0.15, 0.2) is 36.9 Å². The van der Waals surface area contributed by atoms with E-state index in [1.807, 2.05) is 6.08 Å². The average Bonchev–Trinajstić information content (AvgIpc) is 2.29. The SMILES string of the molecule is C=CCNCCN(CC)c1cccc(C)c1. The predicted octanol–water partition coefficient (Wildman–Crippen LogP) is 2.60. The van der Waals surface area contributed by atoms with Gasteiger partial charge < -0.3 is 10.2 Å². The van der Waals surface area contributed by atoms with Crippen molar-refractivity contribution in [3.63, 3.8) is 0 Å². The van der Waals surface area contributed by atoms with Crippen LogP contribution in [0.2, 0.25) is 0 Å². The van der Waals surface area contributed by atoms with Gasteiger partial charge in [-0.3, -0.25) is 0 Å². The van der Waals surface area contributed by atoms with E-state index in [4.69, 9.17) is 0 Å². The van der Waals surface area contributed by atoms with Gasteiger partial charge in [-0.05, 0) is 31.5 Å². The molecule has 0 radical (unpaired) electrons. The Hall–Kier alpha value is -1.28. The van der Waals surface area contributed by atoms with Crippen LogP contribution >= 0.6 is 0 Å². The Morgan fingerprint density at radius 3 is 2.88 bits per heavy atom. The van der Waals surface area contributed by atoms with Gasteiger partial charge in [-0.1, -0.05) is 18.2 Å². The molecule has 16 heavy (non-hydrogen) atoms. The summed E-state index contributed by atoms with van der Waals surface area (Å²) in [5.41, 5.74) is 2.62. The van der Waals surface area contributed by atoms with Crippen molar-refractivity contribution in [2.45, 2.75) is 13.8 Å². The van der Waals surface area contributed by atoms with E-state index >= 15 is 0 Å². The summed E-state index contributed by atoms with van der Waals surface area (Å²) in [6, 6.07) is 8.65. The maximum Gasteiger partial charge on any atom is 0.0369 e. The highest BCUT2D eigenvalue weighted by atomic mass is 15.1. The van der Waals surface area contributed by atoms with E-state index in [1.165, 1.54) is 11.3 Å². The molecule has 2 nitrogen and oxygen atoms in total. The Kier molecular flexibility index (Phi) is 5.65. The molecule has 0 spiro atoms. The van der Waals surface area contributed by atoms with E-state index < -0.39 is 0 Å². The van der Waals surface area contributed by atoms with Crippen molar-refractivity contribution in [2.24, 2.45) is 0 Å². The second-order valence-electron chi connectivity index (χ2n) is 3.91. The van der Waals surface area contributed by atoms with Crippen LogP contribution in [0.5, 0.6) is 0 Å². The zero-order valence-corrected chi connectivity index (χ0v) is 10.4. The standard InChI is InChI=1S/C14H22N2/c1-4-9-15-10-11-16(5-2)14-8-6-7-13(3)12-14/h4,6-8,12,15H,1,5,9-11H2,2-3H3. The molecule has 1 aromatic rings. The van der Waals surface area contributed by atoms with Crippen LogP contribution < -0.4 is 10.2 Å². The van der Waals surface area contributed by atoms with E-state index in [2.05, 4.69) is 54.9 Å². The van der Waals surface area contributed by atoms with Crippen molar-refractivity contribution < 1.29 is 0 Å². The summed E-state index contributed by atoms with van der Waals surface area (Å²) in [6.07, 6.45) is 1.89. The number of rotatable bonds is 7. The van der Waals surface area contributed by atoms with Gasteiger partial charge in [0.2, 0.25) is 0 Å². The van der Waals surface area contributed by atoms with Crippen LogP contribution in [0.1, 0.15) is 12.5 Å². The third-order valence-electron chi connectivity index (χ3n) is 2.60. The van der Waals surface area contributed by atoms with Gasteiger partial charge in [0, 0.05) is 31.9 Å². The summed E-state index contributed by atoms with van der Waals surface area (Å²) in [4.78, 5) is 2.38.